The number of hydrogen-bond donors (Lipinski definition) is 3. The summed E-state index contributed by atoms with van der Waals surface area (Å²) in [7, 11) is 0. The predicted molar refractivity (Wildman–Crippen MR) is 211 cm³/mol. The second-order valence-corrected chi connectivity index (χ2v) is 14.3. The molecule has 1 heterocycles. The first-order chi connectivity index (χ1) is 25.0. The Hall–Kier alpha value is -5.58. The number of nitrogens with one attached hydrogen (secondary N) is 3. The molecule has 0 saturated carbocycles. The molecule has 7 aromatic rings. The van der Waals surface area contributed by atoms with Crippen molar-refractivity contribution in [1.29, 1.82) is 0 Å². The van der Waals surface area contributed by atoms with Crippen LogP contribution in [0.1, 0.15) is 60.2 Å². The Balaban J connectivity index is 1.03. The fraction of sp³-hybridized carbons (Fsp3) is 0.125. The maximum Gasteiger partial charge on any atom is 0.0864 e. The van der Waals surface area contributed by atoms with Gasteiger partial charge in [-0.1, -0.05) is 166 Å². The fourth-order valence-corrected chi connectivity index (χ4v) is 8.06. The summed E-state index contributed by atoms with van der Waals surface area (Å²) in [5.41, 5.74) is 16.4. The first-order valence-electron chi connectivity index (χ1n) is 17.9. The topological polar surface area (TPSA) is 36.1 Å². The zero-order valence-electron chi connectivity index (χ0n) is 29.0. The van der Waals surface area contributed by atoms with Gasteiger partial charge in [-0.2, -0.15) is 0 Å². The van der Waals surface area contributed by atoms with Crippen LogP contribution in [0.25, 0.3) is 44.5 Å². The van der Waals surface area contributed by atoms with Crippen molar-refractivity contribution in [3.63, 3.8) is 0 Å². The summed E-state index contributed by atoms with van der Waals surface area (Å²) in [6.45, 7) is 4.69. The monoisotopic (exact) mass is 659 g/mol. The first kappa shape index (κ1) is 31.4. The van der Waals surface area contributed by atoms with E-state index < -0.39 is 0 Å². The van der Waals surface area contributed by atoms with E-state index in [2.05, 4.69) is 206 Å². The molecule has 3 atom stereocenters. The highest BCUT2D eigenvalue weighted by molar-refractivity contribution is 5.84. The normalized spacial score (nSPS) is 18.9. The van der Waals surface area contributed by atoms with Gasteiger partial charge in [0.1, 0.15) is 0 Å². The van der Waals surface area contributed by atoms with Gasteiger partial charge in [0.2, 0.25) is 0 Å². The molecule has 3 N–H and O–H groups in total. The lowest BCUT2D eigenvalue weighted by atomic mass is 9.81. The van der Waals surface area contributed by atoms with Gasteiger partial charge >= 0.3 is 0 Å². The van der Waals surface area contributed by atoms with E-state index in [1.807, 2.05) is 0 Å². The van der Waals surface area contributed by atoms with Crippen LogP contribution < -0.4 is 16.0 Å². The molecule has 0 radical (unpaired) electrons. The molecule has 1 fully saturated rings. The van der Waals surface area contributed by atoms with Crippen molar-refractivity contribution >= 4 is 0 Å². The van der Waals surface area contributed by atoms with Crippen LogP contribution in [0.15, 0.2) is 176 Å². The average molecular weight is 660 g/mol. The largest absolute Gasteiger partial charge is 0.279 e. The number of fused-ring (bicyclic) bond motifs is 3. The lowest BCUT2D eigenvalue weighted by Crippen LogP contribution is -2.54. The lowest BCUT2D eigenvalue weighted by molar-refractivity contribution is 0.203. The molecule has 3 unspecified atom stereocenters. The molecule has 7 aromatic carbocycles. The van der Waals surface area contributed by atoms with Crippen LogP contribution in [0.2, 0.25) is 0 Å². The van der Waals surface area contributed by atoms with E-state index in [1.165, 1.54) is 72.3 Å². The van der Waals surface area contributed by atoms with E-state index in [9.17, 15) is 0 Å². The molecule has 0 amide bonds. The molecule has 1 aliphatic carbocycles. The van der Waals surface area contributed by atoms with E-state index in [0.29, 0.717) is 0 Å². The molecule has 0 spiro atoms. The lowest BCUT2D eigenvalue weighted by Gasteiger charge is -2.40. The van der Waals surface area contributed by atoms with Gasteiger partial charge in [-0.3, -0.25) is 16.0 Å². The third kappa shape index (κ3) is 5.90. The molecule has 1 saturated heterocycles. The van der Waals surface area contributed by atoms with E-state index in [4.69, 9.17) is 0 Å². The van der Waals surface area contributed by atoms with Crippen LogP contribution in [-0.4, -0.2) is 0 Å². The van der Waals surface area contributed by atoms with Crippen LogP contribution in [0.4, 0.5) is 0 Å². The molecule has 1 aliphatic heterocycles. The summed E-state index contributed by atoms with van der Waals surface area (Å²) in [5.74, 6) is 0. The molecular formula is C48H41N3. The van der Waals surface area contributed by atoms with Gasteiger partial charge in [0, 0.05) is 5.41 Å². The summed E-state index contributed by atoms with van der Waals surface area (Å²) < 4.78 is 0. The first-order valence-corrected chi connectivity index (χ1v) is 17.9. The zero-order valence-corrected chi connectivity index (χ0v) is 29.0. The van der Waals surface area contributed by atoms with Crippen LogP contribution in [0.5, 0.6) is 0 Å². The average Bonchev–Trinajstić information content (AvgIpc) is 3.44. The van der Waals surface area contributed by atoms with Crippen molar-refractivity contribution < 1.29 is 0 Å². The highest BCUT2D eigenvalue weighted by atomic mass is 15.4. The summed E-state index contributed by atoms with van der Waals surface area (Å²) in [4.78, 5) is 0. The van der Waals surface area contributed by atoms with Crippen molar-refractivity contribution in [1.82, 2.24) is 16.0 Å². The van der Waals surface area contributed by atoms with Gasteiger partial charge in [0.05, 0.1) is 18.5 Å². The second-order valence-electron chi connectivity index (χ2n) is 14.3. The third-order valence-electron chi connectivity index (χ3n) is 10.8. The minimum Gasteiger partial charge on any atom is -0.279 e. The van der Waals surface area contributed by atoms with Crippen molar-refractivity contribution in [2.24, 2.45) is 0 Å². The summed E-state index contributed by atoms with van der Waals surface area (Å²) >= 11 is 0. The number of rotatable bonds is 6. The highest BCUT2D eigenvalue weighted by Gasteiger charge is 2.35. The third-order valence-corrected chi connectivity index (χ3v) is 10.8. The number of benzene rings is 7. The Labute approximate surface area is 301 Å². The second kappa shape index (κ2) is 12.9. The SMILES string of the molecule is CC1(C)c2ccccc2-c2ccc(-c3cccc(-c4cccc(C5NC(c6ccccc6)NC(c6cccc(-c7ccccc7)c6)N5)c4)c3)cc21. The Morgan fingerprint density at radius 2 is 0.765 bits per heavy atom. The molecule has 248 valence electrons. The Morgan fingerprint density at radius 1 is 0.333 bits per heavy atom. The van der Waals surface area contributed by atoms with E-state index >= 15 is 0 Å². The van der Waals surface area contributed by atoms with Gasteiger partial charge in [0.15, 0.2) is 0 Å². The Kier molecular flexibility index (Phi) is 7.97. The standard InChI is InChI=1S/C48H41N3/c1-48(2)43-25-10-9-24-41(43)42-27-26-38(31-44(42)48)36-20-11-19-35(28-36)37-21-13-23-40(30-37)47-50-45(33-16-7-4-8-17-33)49-46(51-47)39-22-12-18-34(29-39)32-14-5-3-6-15-32/h3-31,45-47,49-51H,1-2H3. The molecule has 0 aromatic heterocycles. The molecule has 2 aliphatic rings. The molecule has 3 heteroatoms. The van der Waals surface area contributed by atoms with Gasteiger partial charge < -0.3 is 0 Å². The molecule has 0 bridgehead atoms. The van der Waals surface area contributed by atoms with Gasteiger partial charge in [-0.15, -0.1) is 0 Å². The summed E-state index contributed by atoms with van der Waals surface area (Å²) in [6.07, 6.45) is -0.178. The minimum atomic E-state index is -0.0782. The van der Waals surface area contributed by atoms with Crippen molar-refractivity contribution in [3.8, 4) is 44.5 Å². The minimum absolute atomic E-state index is 0.0267. The van der Waals surface area contributed by atoms with Gasteiger partial charge in [-0.05, 0) is 96.6 Å². The van der Waals surface area contributed by atoms with Crippen LogP contribution in [0.3, 0.4) is 0 Å². The van der Waals surface area contributed by atoms with Crippen LogP contribution in [0, 0.1) is 0 Å². The highest BCUT2D eigenvalue weighted by Crippen LogP contribution is 2.49. The smallest absolute Gasteiger partial charge is 0.0864 e. The molecule has 3 nitrogen and oxygen atoms in total. The Morgan fingerprint density at radius 3 is 1.41 bits per heavy atom. The molecule has 9 rings (SSSR count). The van der Waals surface area contributed by atoms with E-state index in [1.54, 1.807) is 0 Å². The zero-order chi connectivity index (χ0) is 34.4. The predicted octanol–water partition coefficient (Wildman–Crippen LogP) is 11.2. The fourth-order valence-electron chi connectivity index (χ4n) is 8.06. The summed E-state index contributed by atoms with van der Waals surface area (Å²) in [5, 5.41) is 11.6. The van der Waals surface area contributed by atoms with Crippen molar-refractivity contribution in [2.75, 3.05) is 0 Å². The van der Waals surface area contributed by atoms with Crippen molar-refractivity contribution in [3.05, 3.63) is 204 Å². The Bertz CT molecular complexity index is 2340. The number of hydrogen-bond acceptors (Lipinski definition) is 3. The maximum absolute atomic E-state index is 3.90. The van der Waals surface area contributed by atoms with Crippen molar-refractivity contribution in [2.45, 2.75) is 37.8 Å². The maximum atomic E-state index is 3.90. The summed E-state index contributed by atoms with van der Waals surface area (Å²) in [6, 6.07) is 63.9. The quantitative estimate of drug-likeness (QED) is 0.166. The van der Waals surface area contributed by atoms with E-state index in [0.717, 1.165) is 0 Å². The van der Waals surface area contributed by atoms with Crippen LogP contribution >= 0.6 is 0 Å². The molecular weight excluding hydrogens is 619 g/mol. The molecule has 51 heavy (non-hydrogen) atoms. The van der Waals surface area contributed by atoms with Crippen LogP contribution in [-0.2, 0) is 5.41 Å². The van der Waals surface area contributed by atoms with E-state index in [-0.39, 0.29) is 23.9 Å². The van der Waals surface area contributed by atoms with Gasteiger partial charge in [0.25, 0.3) is 0 Å². The van der Waals surface area contributed by atoms with Gasteiger partial charge in [-0.25, -0.2) is 0 Å².